The molecule has 0 bridgehead atoms. The Morgan fingerprint density at radius 1 is 1.32 bits per heavy atom. The van der Waals surface area contributed by atoms with Crippen LogP contribution in [0.4, 0.5) is 4.79 Å². The molecule has 136 valence electrons. The van der Waals surface area contributed by atoms with Crippen molar-refractivity contribution in [1.82, 2.24) is 5.32 Å². The van der Waals surface area contributed by atoms with Crippen LogP contribution < -0.4 is 5.32 Å². The van der Waals surface area contributed by atoms with Gasteiger partial charge in [-0.15, -0.1) is 6.58 Å². The highest BCUT2D eigenvalue weighted by molar-refractivity contribution is 5.69. The van der Waals surface area contributed by atoms with Crippen molar-refractivity contribution in [2.45, 2.75) is 50.9 Å². The van der Waals surface area contributed by atoms with Crippen LogP contribution in [0.2, 0.25) is 0 Å². The third-order valence-electron chi connectivity index (χ3n) is 3.71. The molecule has 0 aromatic heterocycles. The first kappa shape index (κ1) is 19.0. The van der Waals surface area contributed by atoms with Gasteiger partial charge in [0, 0.05) is 0 Å². The normalized spacial score (nSPS) is 25.0. The van der Waals surface area contributed by atoms with Gasteiger partial charge in [0.1, 0.15) is 12.7 Å². The van der Waals surface area contributed by atoms with Crippen molar-refractivity contribution in [3.8, 4) is 0 Å². The van der Waals surface area contributed by atoms with E-state index in [4.69, 9.17) is 19.3 Å². The molecule has 1 heterocycles. The van der Waals surface area contributed by atoms with E-state index in [1.165, 1.54) is 6.08 Å². The first-order valence-electron chi connectivity index (χ1n) is 7.98. The minimum atomic E-state index is -1.03. The summed E-state index contributed by atoms with van der Waals surface area (Å²) in [5, 5.41) is 11.7. The molecule has 0 spiro atoms. The number of carboxylic acid groups (broad SMARTS) is 1. The van der Waals surface area contributed by atoms with Gasteiger partial charge in [-0.2, -0.15) is 0 Å². The summed E-state index contributed by atoms with van der Waals surface area (Å²) in [5.74, 6) is -2.01. The third kappa shape index (κ3) is 5.58. The van der Waals surface area contributed by atoms with Crippen LogP contribution in [0, 0.1) is 0 Å². The van der Waals surface area contributed by atoms with E-state index in [9.17, 15) is 9.59 Å². The SMILES string of the molecule is C=C[C@H]1OC(C)(C)O[C@@H](CC(=O)O)[C@H]1NC(=O)OCc1ccccc1. The Hall–Kier alpha value is -2.38. The second kappa shape index (κ2) is 8.13. The number of hydrogen-bond acceptors (Lipinski definition) is 5. The predicted octanol–water partition coefficient (Wildman–Crippen LogP) is 2.46. The molecule has 2 rings (SSSR count). The summed E-state index contributed by atoms with van der Waals surface area (Å²) in [7, 11) is 0. The number of hydrogen-bond donors (Lipinski definition) is 2. The molecule has 3 atom stereocenters. The van der Waals surface area contributed by atoms with Crippen LogP contribution in [0.1, 0.15) is 25.8 Å². The zero-order chi connectivity index (χ0) is 18.4. The number of benzene rings is 1. The van der Waals surface area contributed by atoms with Gasteiger partial charge in [-0.25, -0.2) is 4.79 Å². The average Bonchev–Trinajstić information content (AvgIpc) is 2.55. The quantitative estimate of drug-likeness (QED) is 0.766. The zero-order valence-corrected chi connectivity index (χ0v) is 14.3. The van der Waals surface area contributed by atoms with Crippen molar-refractivity contribution in [2.24, 2.45) is 0 Å². The Kier molecular flexibility index (Phi) is 6.17. The standard InChI is InChI=1S/C18H23NO6/c1-4-13-16(14(10-15(20)21)25-18(2,3)24-13)19-17(22)23-11-12-8-6-5-7-9-12/h4-9,13-14,16H,1,10-11H2,2-3H3,(H,19,22)(H,20,21)/t13-,14+,16+/m1/s1. The van der Waals surface area contributed by atoms with Gasteiger partial charge in [0.15, 0.2) is 5.79 Å². The molecule has 0 radical (unpaired) electrons. The summed E-state index contributed by atoms with van der Waals surface area (Å²) in [5.41, 5.74) is 0.845. The van der Waals surface area contributed by atoms with E-state index in [0.29, 0.717) is 0 Å². The Labute approximate surface area is 146 Å². The molecule has 1 fully saturated rings. The Morgan fingerprint density at radius 2 is 2.00 bits per heavy atom. The van der Waals surface area contributed by atoms with E-state index >= 15 is 0 Å². The second-order valence-corrected chi connectivity index (χ2v) is 6.20. The van der Waals surface area contributed by atoms with Crippen molar-refractivity contribution < 1.29 is 28.9 Å². The number of carbonyl (C=O) groups excluding carboxylic acids is 1. The highest BCUT2D eigenvalue weighted by Gasteiger charge is 2.43. The van der Waals surface area contributed by atoms with Gasteiger partial charge in [-0.05, 0) is 19.4 Å². The Morgan fingerprint density at radius 3 is 2.60 bits per heavy atom. The molecule has 0 saturated carbocycles. The van der Waals surface area contributed by atoms with Crippen LogP contribution in [0.3, 0.4) is 0 Å². The number of carboxylic acids is 1. The number of rotatable bonds is 6. The molecule has 0 aliphatic carbocycles. The van der Waals surface area contributed by atoms with Gasteiger partial charge in [0.25, 0.3) is 0 Å². The number of amides is 1. The molecule has 1 aliphatic rings. The maximum absolute atomic E-state index is 12.1. The summed E-state index contributed by atoms with van der Waals surface area (Å²) in [6.07, 6.45) is -0.809. The van der Waals surface area contributed by atoms with Crippen LogP contribution in [-0.4, -0.2) is 41.2 Å². The smallest absolute Gasteiger partial charge is 0.407 e. The number of carbonyl (C=O) groups is 2. The lowest BCUT2D eigenvalue weighted by Crippen LogP contribution is -2.60. The molecule has 2 N–H and O–H groups in total. The maximum atomic E-state index is 12.1. The monoisotopic (exact) mass is 349 g/mol. The van der Waals surface area contributed by atoms with Gasteiger partial charge >= 0.3 is 12.1 Å². The van der Waals surface area contributed by atoms with Crippen LogP contribution in [0.25, 0.3) is 0 Å². The molecular weight excluding hydrogens is 326 g/mol. The summed E-state index contributed by atoms with van der Waals surface area (Å²) >= 11 is 0. The molecule has 7 nitrogen and oxygen atoms in total. The number of nitrogens with one attached hydrogen (secondary N) is 1. The molecule has 1 aromatic carbocycles. The minimum Gasteiger partial charge on any atom is -0.481 e. The van der Waals surface area contributed by atoms with E-state index in [1.807, 2.05) is 30.3 Å². The number of aliphatic carboxylic acids is 1. The minimum absolute atomic E-state index is 0.106. The fraction of sp³-hybridized carbons (Fsp3) is 0.444. The lowest BCUT2D eigenvalue weighted by Gasteiger charge is -2.44. The summed E-state index contributed by atoms with van der Waals surface area (Å²) in [6.45, 7) is 7.17. The highest BCUT2D eigenvalue weighted by Crippen LogP contribution is 2.29. The first-order chi connectivity index (χ1) is 11.8. The van der Waals surface area contributed by atoms with Gasteiger partial charge in [0.2, 0.25) is 0 Å². The van der Waals surface area contributed by atoms with E-state index in [-0.39, 0.29) is 13.0 Å². The van der Waals surface area contributed by atoms with Crippen LogP contribution >= 0.6 is 0 Å². The number of ether oxygens (including phenoxy) is 3. The summed E-state index contributed by atoms with van der Waals surface area (Å²) < 4.78 is 16.6. The highest BCUT2D eigenvalue weighted by atomic mass is 16.7. The number of alkyl carbamates (subject to hydrolysis) is 1. The fourth-order valence-corrected chi connectivity index (χ4v) is 2.69. The molecule has 7 heteroatoms. The van der Waals surface area contributed by atoms with Crippen molar-refractivity contribution in [1.29, 1.82) is 0 Å². The van der Waals surface area contributed by atoms with E-state index in [1.54, 1.807) is 13.8 Å². The molecule has 1 amide bonds. The zero-order valence-electron chi connectivity index (χ0n) is 14.3. The van der Waals surface area contributed by atoms with Gasteiger partial charge in [-0.3, -0.25) is 4.79 Å². The van der Waals surface area contributed by atoms with Gasteiger partial charge in [-0.1, -0.05) is 36.4 Å². The van der Waals surface area contributed by atoms with Crippen LogP contribution in [-0.2, 0) is 25.6 Å². The molecule has 1 saturated heterocycles. The molecule has 1 aromatic rings. The molecule has 0 unspecified atom stereocenters. The van der Waals surface area contributed by atoms with Gasteiger partial charge < -0.3 is 24.6 Å². The maximum Gasteiger partial charge on any atom is 0.407 e. The summed E-state index contributed by atoms with van der Waals surface area (Å²) in [6, 6.07) is 8.51. The fourth-order valence-electron chi connectivity index (χ4n) is 2.69. The lowest BCUT2D eigenvalue weighted by molar-refractivity contribution is -0.299. The lowest BCUT2D eigenvalue weighted by atomic mass is 9.99. The van der Waals surface area contributed by atoms with Crippen LogP contribution in [0.5, 0.6) is 0 Å². The van der Waals surface area contributed by atoms with Crippen LogP contribution in [0.15, 0.2) is 43.0 Å². The third-order valence-corrected chi connectivity index (χ3v) is 3.71. The van der Waals surface area contributed by atoms with Crippen molar-refractivity contribution >= 4 is 12.1 Å². The van der Waals surface area contributed by atoms with E-state index in [2.05, 4.69) is 11.9 Å². The van der Waals surface area contributed by atoms with Gasteiger partial charge in [0.05, 0.1) is 18.6 Å². The average molecular weight is 349 g/mol. The molecular formula is C18H23NO6. The topological polar surface area (TPSA) is 94.1 Å². The largest absolute Gasteiger partial charge is 0.481 e. The van der Waals surface area contributed by atoms with Crippen molar-refractivity contribution in [3.63, 3.8) is 0 Å². The first-order valence-corrected chi connectivity index (χ1v) is 7.98. The Balaban J connectivity index is 2.03. The Bertz CT molecular complexity index is 615. The second-order valence-electron chi connectivity index (χ2n) is 6.20. The van der Waals surface area contributed by atoms with Crippen molar-refractivity contribution in [3.05, 3.63) is 48.6 Å². The summed E-state index contributed by atoms with van der Waals surface area (Å²) in [4.78, 5) is 23.2. The molecule has 25 heavy (non-hydrogen) atoms. The van der Waals surface area contributed by atoms with E-state index < -0.39 is 36.1 Å². The predicted molar refractivity (Wildman–Crippen MR) is 89.8 cm³/mol. The van der Waals surface area contributed by atoms with E-state index in [0.717, 1.165) is 5.56 Å². The van der Waals surface area contributed by atoms with Crippen molar-refractivity contribution in [2.75, 3.05) is 0 Å². The molecule has 1 aliphatic heterocycles.